The third kappa shape index (κ3) is 3.44. The summed E-state index contributed by atoms with van der Waals surface area (Å²) in [4.78, 5) is 25.4. The Kier molecular flexibility index (Phi) is 4.53. The molecule has 0 radical (unpaired) electrons. The average molecular weight is 340 g/mol. The van der Waals surface area contributed by atoms with Crippen LogP contribution in [0.1, 0.15) is 63.4 Å². The zero-order valence-electron chi connectivity index (χ0n) is 14.8. The molecule has 3 aliphatic rings. The van der Waals surface area contributed by atoms with Crippen LogP contribution in [0, 0.1) is 5.92 Å². The SMILES string of the molecule is O=C(NC1CC1)[C@H]1CCC[C@H](NC(=O)C2(c3ccccc3)CCC2)C1. The molecule has 0 aromatic heterocycles. The maximum Gasteiger partial charge on any atom is 0.230 e. The summed E-state index contributed by atoms with van der Waals surface area (Å²) in [7, 11) is 0. The fourth-order valence-corrected chi connectivity index (χ4v) is 4.36. The monoisotopic (exact) mass is 340 g/mol. The molecule has 4 heteroatoms. The second-order valence-corrected chi connectivity index (χ2v) is 8.12. The van der Waals surface area contributed by atoms with Gasteiger partial charge in [0.05, 0.1) is 5.41 Å². The Morgan fingerprint density at radius 2 is 1.64 bits per heavy atom. The van der Waals surface area contributed by atoms with E-state index >= 15 is 0 Å². The first-order valence-electron chi connectivity index (χ1n) is 9.84. The largest absolute Gasteiger partial charge is 0.353 e. The van der Waals surface area contributed by atoms with Gasteiger partial charge >= 0.3 is 0 Å². The van der Waals surface area contributed by atoms with Crippen molar-refractivity contribution in [3.8, 4) is 0 Å². The van der Waals surface area contributed by atoms with Crippen molar-refractivity contribution in [3.05, 3.63) is 35.9 Å². The van der Waals surface area contributed by atoms with E-state index < -0.39 is 0 Å². The highest BCUT2D eigenvalue weighted by Gasteiger charge is 2.46. The van der Waals surface area contributed by atoms with E-state index in [-0.39, 0.29) is 29.2 Å². The Hall–Kier alpha value is -1.84. The lowest BCUT2D eigenvalue weighted by molar-refractivity contribution is -0.132. The predicted molar refractivity (Wildman–Crippen MR) is 97.0 cm³/mol. The lowest BCUT2D eigenvalue weighted by Gasteiger charge is -2.42. The van der Waals surface area contributed by atoms with Crippen LogP contribution in [0.2, 0.25) is 0 Å². The van der Waals surface area contributed by atoms with Gasteiger partial charge in [-0.2, -0.15) is 0 Å². The molecule has 1 aromatic carbocycles. The zero-order chi connectivity index (χ0) is 17.3. The fourth-order valence-electron chi connectivity index (χ4n) is 4.36. The van der Waals surface area contributed by atoms with Gasteiger partial charge in [-0.1, -0.05) is 43.2 Å². The van der Waals surface area contributed by atoms with Crippen molar-refractivity contribution < 1.29 is 9.59 Å². The second kappa shape index (κ2) is 6.81. The van der Waals surface area contributed by atoms with Crippen molar-refractivity contribution in [2.45, 2.75) is 75.3 Å². The summed E-state index contributed by atoms with van der Waals surface area (Å²) in [5.74, 6) is 0.426. The van der Waals surface area contributed by atoms with Crippen molar-refractivity contribution >= 4 is 11.8 Å². The van der Waals surface area contributed by atoms with Crippen LogP contribution in [-0.4, -0.2) is 23.9 Å². The lowest BCUT2D eigenvalue weighted by atomic mass is 9.63. The molecule has 25 heavy (non-hydrogen) atoms. The van der Waals surface area contributed by atoms with E-state index in [4.69, 9.17) is 0 Å². The molecule has 4 rings (SSSR count). The molecule has 3 saturated carbocycles. The number of rotatable bonds is 5. The first-order chi connectivity index (χ1) is 12.2. The van der Waals surface area contributed by atoms with Crippen LogP contribution in [0.15, 0.2) is 30.3 Å². The van der Waals surface area contributed by atoms with Crippen molar-refractivity contribution in [3.63, 3.8) is 0 Å². The van der Waals surface area contributed by atoms with E-state index in [1.165, 1.54) is 0 Å². The quantitative estimate of drug-likeness (QED) is 0.865. The van der Waals surface area contributed by atoms with Crippen LogP contribution in [0.3, 0.4) is 0 Å². The predicted octanol–water partition coefficient (Wildman–Crippen LogP) is 3.06. The van der Waals surface area contributed by atoms with Gasteiger partial charge < -0.3 is 10.6 Å². The van der Waals surface area contributed by atoms with Gasteiger partial charge in [-0.15, -0.1) is 0 Å². The third-order valence-corrected chi connectivity index (χ3v) is 6.27. The smallest absolute Gasteiger partial charge is 0.230 e. The summed E-state index contributed by atoms with van der Waals surface area (Å²) in [5.41, 5.74) is 0.794. The highest BCUT2D eigenvalue weighted by molar-refractivity contribution is 5.89. The fraction of sp³-hybridized carbons (Fsp3) is 0.619. The Balaban J connectivity index is 1.39. The van der Waals surface area contributed by atoms with Crippen LogP contribution in [-0.2, 0) is 15.0 Å². The van der Waals surface area contributed by atoms with E-state index in [2.05, 4.69) is 22.8 Å². The van der Waals surface area contributed by atoms with Crippen molar-refractivity contribution in [2.75, 3.05) is 0 Å². The number of carbonyl (C=O) groups excluding carboxylic acids is 2. The molecule has 134 valence electrons. The Morgan fingerprint density at radius 3 is 2.28 bits per heavy atom. The molecule has 0 heterocycles. The molecule has 4 nitrogen and oxygen atoms in total. The normalized spacial score (nSPS) is 27.8. The minimum absolute atomic E-state index is 0.0636. The average Bonchev–Trinajstić information content (AvgIpc) is 3.39. The van der Waals surface area contributed by atoms with Gasteiger partial charge in [-0.05, 0) is 50.5 Å². The highest BCUT2D eigenvalue weighted by atomic mass is 16.2. The van der Waals surface area contributed by atoms with E-state index in [1.807, 2.05) is 18.2 Å². The van der Waals surface area contributed by atoms with Gasteiger partial charge in [-0.25, -0.2) is 0 Å². The zero-order valence-corrected chi connectivity index (χ0v) is 14.8. The van der Waals surface area contributed by atoms with Crippen molar-refractivity contribution in [2.24, 2.45) is 5.92 Å². The number of nitrogens with one attached hydrogen (secondary N) is 2. The summed E-state index contributed by atoms with van der Waals surface area (Å²) in [6.07, 6.45) is 8.97. The molecular weight excluding hydrogens is 312 g/mol. The van der Waals surface area contributed by atoms with Crippen LogP contribution >= 0.6 is 0 Å². The standard InChI is InChI=1S/C21H28N2O2/c24-19(22-17-10-11-17)15-6-4-9-18(14-15)23-20(25)21(12-5-13-21)16-7-2-1-3-8-16/h1-3,7-8,15,17-18H,4-6,9-14H2,(H,22,24)(H,23,25)/t15-,18-/m0/s1. The molecule has 0 unspecified atom stereocenters. The summed E-state index contributed by atoms with van der Waals surface area (Å²) in [5, 5.41) is 6.42. The van der Waals surface area contributed by atoms with E-state index in [1.54, 1.807) is 0 Å². The topological polar surface area (TPSA) is 58.2 Å². The van der Waals surface area contributed by atoms with Gasteiger partial charge in [-0.3, -0.25) is 9.59 Å². The maximum absolute atomic E-state index is 13.1. The molecule has 2 N–H and O–H groups in total. The molecular formula is C21H28N2O2. The van der Waals surface area contributed by atoms with Gasteiger partial charge in [0, 0.05) is 18.0 Å². The molecule has 0 saturated heterocycles. The molecule has 2 atom stereocenters. The van der Waals surface area contributed by atoms with E-state index in [0.29, 0.717) is 6.04 Å². The number of benzene rings is 1. The van der Waals surface area contributed by atoms with Gasteiger partial charge in [0.2, 0.25) is 11.8 Å². The van der Waals surface area contributed by atoms with Crippen LogP contribution in [0.4, 0.5) is 0 Å². The van der Waals surface area contributed by atoms with Crippen LogP contribution in [0.25, 0.3) is 0 Å². The first kappa shape index (κ1) is 16.6. The first-order valence-corrected chi connectivity index (χ1v) is 9.84. The highest BCUT2D eigenvalue weighted by Crippen LogP contribution is 2.44. The number of hydrogen-bond donors (Lipinski definition) is 2. The molecule has 0 aliphatic heterocycles. The van der Waals surface area contributed by atoms with Gasteiger partial charge in [0.25, 0.3) is 0 Å². The van der Waals surface area contributed by atoms with Crippen molar-refractivity contribution in [1.82, 2.24) is 10.6 Å². The Labute approximate surface area is 149 Å². The minimum atomic E-state index is -0.343. The second-order valence-electron chi connectivity index (χ2n) is 8.12. The molecule has 2 amide bonds. The van der Waals surface area contributed by atoms with Crippen molar-refractivity contribution in [1.29, 1.82) is 0 Å². The number of amides is 2. The van der Waals surface area contributed by atoms with Crippen LogP contribution in [0.5, 0.6) is 0 Å². The summed E-state index contributed by atoms with van der Waals surface area (Å²) in [6, 6.07) is 10.7. The lowest BCUT2D eigenvalue weighted by Crippen LogP contribution is -2.53. The molecule has 0 bridgehead atoms. The Bertz CT molecular complexity index is 635. The van der Waals surface area contributed by atoms with Gasteiger partial charge in [0.15, 0.2) is 0 Å². The summed E-state index contributed by atoms with van der Waals surface area (Å²) in [6.45, 7) is 0. The molecule has 3 aliphatic carbocycles. The number of carbonyl (C=O) groups is 2. The maximum atomic E-state index is 13.1. The van der Waals surface area contributed by atoms with E-state index in [9.17, 15) is 9.59 Å². The van der Waals surface area contributed by atoms with Crippen LogP contribution < -0.4 is 10.6 Å². The van der Waals surface area contributed by atoms with Gasteiger partial charge in [0.1, 0.15) is 0 Å². The third-order valence-electron chi connectivity index (χ3n) is 6.27. The minimum Gasteiger partial charge on any atom is -0.353 e. The molecule has 1 aromatic rings. The Morgan fingerprint density at radius 1 is 0.880 bits per heavy atom. The number of hydrogen-bond acceptors (Lipinski definition) is 2. The van der Waals surface area contributed by atoms with E-state index in [0.717, 1.165) is 63.4 Å². The molecule has 3 fully saturated rings. The summed E-state index contributed by atoms with van der Waals surface area (Å²) < 4.78 is 0. The molecule has 0 spiro atoms. The summed E-state index contributed by atoms with van der Waals surface area (Å²) >= 11 is 0.